The smallest absolute Gasteiger partial charge is 0.122 e. The standard InChI is InChI=1S/C39H46O2/c1-9-11-17-40-37-23-27(5)21-33(29(37)7)39(34-22-28(6)24-38(30(34)8)41-18-12-10-2)35-19-25(3)13-15-31(35)32-16-14-26(4)20-36(32)39/h13-16,19-24H,9-12,17-18H2,1-8H3. The lowest BCUT2D eigenvalue weighted by molar-refractivity contribution is 0.306. The third-order valence-electron chi connectivity index (χ3n) is 8.78. The summed E-state index contributed by atoms with van der Waals surface area (Å²) in [6, 6.07) is 23.2. The van der Waals surface area contributed by atoms with Gasteiger partial charge in [-0.3, -0.25) is 0 Å². The molecule has 0 saturated heterocycles. The van der Waals surface area contributed by atoms with Crippen molar-refractivity contribution in [1.29, 1.82) is 0 Å². The Kier molecular flexibility index (Phi) is 8.32. The first-order valence-electron chi connectivity index (χ1n) is 15.4. The summed E-state index contributed by atoms with van der Waals surface area (Å²) >= 11 is 0. The number of aryl methyl sites for hydroxylation is 4. The van der Waals surface area contributed by atoms with Crippen molar-refractivity contribution in [2.24, 2.45) is 0 Å². The fourth-order valence-electron chi connectivity index (χ4n) is 6.66. The number of unbranched alkanes of at least 4 members (excludes halogenated alkanes) is 2. The fourth-order valence-corrected chi connectivity index (χ4v) is 6.66. The third-order valence-corrected chi connectivity index (χ3v) is 8.78. The predicted octanol–water partition coefficient (Wildman–Crippen LogP) is 10.3. The number of benzene rings is 4. The second-order valence-corrected chi connectivity index (χ2v) is 12.1. The normalized spacial score (nSPS) is 13.2. The molecule has 0 fully saturated rings. The zero-order valence-corrected chi connectivity index (χ0v) is 26.3. The van der Waals surface area contributed by atoms with Crippen LogP contribution in [0, 0.1) is 41.5 Å². The van der Waals surface area contributed by atoms with Crippen LogP contribution in [-0.2, 0) is 5.41 Å². The first-order chi connectivity index (χ1) is 19.7. The minimum absolute atomic E-state index is 0.499. The van der Waals surface area contributed by atoms with E-state index in [1.165, 1.54) is 66.8 Å². The minimum Gasteiger partial charge on any atom is -0.493 e. The number of ether oxygens (including phenoxy) is 2. The molecule has 0 atom stereocenters. The van der Waals surface area contributed by atoms with E-state index in [9.17, 15) is 0 Å². The van der Waals surface area contributed by atoms with Crippen LogP contribution in [0.15, 0.2) is 60.7 Å². The molecule has 5 rings (SSSR count). The van der Waals surface area contributed by atoms with Gasteiger partial charge in [-0.1, -0.05) is 86.3 Å². The number of hydrogen-bond donors (Lipinski definition) is 0. The molecule has 41 heavy (non-hydrogen) atoms. The molecule has 0 bridgehead atoms. The molecule has 1 aliphatic rings. The van der Waals surface area contributed by atoms with Crippen molar-refractivity contribution in [3.63, 3.8) is 0 Å². The summed E-state index contributed by atoms with van der Waals surface area (Å²) in [4.78, 5) is 0. The molecule has 0 amide bonds. The Labute approximate surface area is 247 Å². The average molecular weight is 547 g/mol. The molecular weight excluding hydrogens is 500 g/mol. The summed E-state index contributed by atoms with van der Waals surface area (Å²) < 4.78 is 13.0. The van der Waals surface area contributed by atoms with Gasteiger partial charge >= 0.3 is 0 Å². The van der Waals surface area contributed by atoms with Crippen LogP contribution in [0.4, 0.5) is 0 Å². The monoisotopic (exact) mass is 546 g/mol. The third kappa shape index (κ3) is 5.07. The van der Waals surface area contributed by atoms with Crippen LogP contribution in [0.3, 0.4) is 0 Å². The quantitative estimate of drug-likeness (QED) is 0.162. The summed E-state index contributed by atoms with van der Waals surface area (Å²) in [6.07, 6.45) is 4.33. The lowest BCUT2D eigenvalue weighted by atomic mass is 9.64. The highest BCUT2D eigenvalue weighted by Gasteiger charge is 2.48. The van der Waals surface area contributed by atoms with Crippen molar-refractivity contribution >= 4 is 0 Å². The van der Waals surface area contributed by atoms with Gasteiger partial charge in [0.25, 0.3) is 0 Å². The van der Waals surface area contributed by atoms with Crippen molar-refractivity contribution < 1.29 is 9.47 Å². The van der Waals surface area contributed by atoms with Gasteiger partial charge in [0.2, 0.25) is 0 Å². The predicted molar refractivity (Wildman–Crippen MR) is 173 cm³/mol. The number of hydrogen-bond acceptors (Lipinski definition) is 2. The van der Waals surface area contributed by atoms with Crippen LogP contribution < -0.4 is 9.47 Å². The first-order valence-corrected chi connectivity index (χ1v) is 15.4. The van der Waals surface area contributed by atoms with Crippen LogP contribution in [0.2, 0.25) is 0 Å². The SMILES string of the molecule is CCCCOc1cc(C)cc(C2(c3cc(C)cc(OCCCC)c3C)c3cc(C)ccc3-c3ccc(C)cc32)c1C. The Hall–Kier alpha value is -3.52. The Bertz CT molecular complexity index is 1460. The molecule has 0 spiro atoms. The largest absolute Gasteiger partial charge is 0.493 e. The molecule has 4 aromatic carbocycles. The summed E-state index contributed by atoms with van der Waals surface area (Å²) in [5.41, 5.74) is 14.8. The zero-order chi connectivity index (χ0) is 29.3. The molecule has 0 aliphatic heterocycles. The maximum Gasteiger partial charge on any atom is 0.122 e. The van der Waals surface area contributed by atoms with Gasteiger partial charge in [0, 0.05) is 0 Å². The van der Waals surface area contributed by atoms with E-state index >= 15 is 0 Å². The molecule has 214 valence electrons. The molecule has 0 aromatic heterocycles. The summed E-state index contributed by atoms with van der Waals surface area (Å²) in [5, 5.41) is 0. The van der Waals surface area contributed by atoms with Gasteiger partial charge in [-0.25, -0.2) is 0 Å². The molecule has 2 nitrogen and oxygen atoms in total. The Balaban J connectivity index is 1.92. The van der Waals surface area contributed by atoms with Crippen molar-refractivity contribution in [2.45, 2.75) is 86.5 Å². The van der Waals surface area contributed by atoms with Gasteiger partial charge in [-0.05, 0) is 122 Å². The van der Waals surface area contributed by atoms with E-state index in [4.69, 9.17) is 9.47 Å². The van der Waals surface area contributed by atoms with E-state index in [1.807, 2.05) is 0 Å². The minimum atomic E-state index is -0.499. The van der Waals surface area contributed by atoms with Gasteiger partial charge in [0.15, 0.2) is 0 Å². The lowest BCUT2D eigenvalue weighted by Crippen LogP contribution is -2.31. The van der Waals surface area contributed by atoms with Crippen molar-refractivity contribution in [3.8, 4) is 22.6 Å². The molecule has 0 saturated carbocycles. The molecule has 0 N–H and O–H groups in total. The molecular formula is C39H46O2. The summed E-state index contributed by atoms with van der Waals surface area (Å²) in [6.45, 7) is 19.2. The molecule has 2 heteroatoms. The molecule has 0 heterocycles. The highest BCUT2D eigenvalue weighted by atomic mass is 16.5. The molecule has 0 unspecified atom stereocenters. The van der Waals surface area contributed by atoms with Gasteiger partial charge < -0.3 is 9.47 Å². The van der Waals surface area contributed by atoms with E-state index in [0.29, 0.717) is 0 Å². The maximum atomic E-state index is 6.48. The van der Waals surface area contributed by atoms with Gasteiger partial charge in [0.1, 0.15) is 11.5 Å². The van der Waals surface area contributed by atoms with E-state index < -0.39 is 5.41 Å². The van der Waals surface area contributed by atoms with Gasteiger partial charge in [-0.15, -0.1) is 0 Å². The van der Waals surface area contributed by atoms with E-state index in [1.54, 1.807) is 0 Å². The number of rotatable bonds is 10. The lowest BCUT2D eigenvalue weighted by Gasteiger charge is -2.38. The molecule has 4 aromatic rings. The average Bonchev–Trinajstić information content (AvgIpc) is 3.21. The van der Waals surface area contributed by atoms with Crippen molar-refractivity contribution in [1.82, 2.24) is 0 Å². The molecule has 0 radical (unpaired) electrons. The van der Waals surface area contributed by atoms with Crippen LogP contribution in [0.5, 0.6) is 11.5 Å². The second kappa shape index (κ2) is 11.8. The van der Waals surface area contributed by atoms with Crippen molar-refractivity contribution in [3.05, 3.63) is 116 Å². The van der Waals surface area contributed by atoms with Crippen LogP contribution in [0.1, 0.15) is 95.2 Å². The van der Waals surface area contributed by atoms with Crippen LogP contribution in [0.25, 0.3) is 11.1 Å². The van der Waals surface area contributed by atoms with Crippen LogP contribution >= 0.6 is 0 Å². The molecule has 1 aliphatic carbocycles. The summed E-state index contributed by atoms with van der Waals surface area (Å²) in [5.74, 6) is 1.99. The highest BCUT2D eigenvalue weighted by Crippen LogP contribution is 2.59. The fraction of sp³-hybridized carbons (Fsp3) is 0.385. The Morgan fingerprint density at radius 2 is 0.878 bits per heavy atom. The maximum absolute atomic E-state index is 6.48. The van der Waals surface area contributed by atoms with Gasteiger partial charge in [0.05, 0.1) is 18.6 Å². The first kappa shape index (κ1) is 29.0. The summed E-state index contributed by atoms with van der Waals surface area (Å²) in [7, 11) is 0. The zero-order valence-electron chi connectivity index (χ0n) is 26.3. The Morgan fingerprint density at radius 1 is 0.488 bits per heavy atom. The van der Waals surface area contributed by atoms with E-state index in [-0.39, 0.29) is 0 Å². The topological polar surface area (TPSA) is 18.5 Å². The highest BCUT2D eigenvalue weighted by molar-refractivity contribution is 5.88. The Morgan fingerprint density at radius 3 is 1.27 bits per heavy atom. The van der Waals surface area contributed by atoms with Crippen molar-refractivity contribution in [2.75, 3.05) is 13.2 Å². The van der Waals surface area contributed by atoms with E-state index in [2.05, 4.69) is 116 Å². The number of fused-ring (bicyclic) bond motifs is 3. The van der Waals surface area contributed by atoms with Crippen LogP contribution in [-0.4, -0.2) is 13.2 Å². The van der Waals surface area contributed by atoms with Gasteiger partial charge in [-0.2, -0.15) is 0 Å². The van der Waals surface area contributed by atoms with E-state index in [0.717, 1.165) is 50.4 Å². The second-order valence-electron chi connectivity index (χ2n) is 12.1.